The molecule has 2 aromatic carbocycles. The van der Waals surface area contributed by atoms with Crippen LogP contribution < -0.4 is 4.74 Å². The van der Waals surface area contributed by atoms with Crippen LogP contribution in [0.3, 0.4) is 0 Å². The van der Waals surface area contributed by atoms with Crippen molar-refractivity contribution in [3.05, 3.63) is 63.6 Å². The zero-order valence-electron chi connectivity index (χ0n) is 15.8. The number of halogens is 2. The summed E-state index contributed by atoms with van der Waals surface area (Å²) in [5.41, 5.74) is 2.14. The van der Waals surface area contributed by atoms with Gasteiger partial charge in [-0.05, 0) is 35.4 Å². The Labute approximate surface area is 175 Å². The van der Waals surface area contributed by atoms with Crippen molar-refractivity contribution in [3.63, 3.8) is 0 Å². The van der Waals surface area contributed by atoms with Gasteiger partial charge in [0.2, 0.25) is 5.91 Å². The molecular formula is C21H24Cl2N2O3. The minimum absolute atomic E-state index is 0.00183. The average Bonchev–Trinajstić information content (AvgIpc) is 2.66. The van der Waals surface area contributed by atoms with Crippen LogP contribution in [0.25, 0.3) is 0 Å². The number of amides is 1. The Kier molecular flexibility index (Phi) is 7.18. The SMILES string of the molecule is CN(CCO)C(=O)C1CN(Cc2ccc(OCc3ccc(Cl)c(Cl)c3)cc2)C1. The van der Waals surface area contributed by atoms with Crippen molar-refractivity contribution in [1.82, 2.24) is 9.80 Å². The molecular weight excluding hydrogens is 399 g/mol. The Morgan fingerprint density at radius 3 is 2.46 bits per heavy atom. The van der Waals surface area contributed by atoms with Gasteiger partial charge >= 0.3 is 0 Å². The molecule has 28 heavy (non-hydrogen) atoms. The van der Waals surface area contributed by atoms with Crippen molar-refractivity contribution in [3.8, 4) is 5.75 Å². The minimum atomic E-state index is -0.00183. The molecule has 1 aliphatic rings. The predicted octanol–water partition coefficient (Wildman–Crippen LogP) is 3.45. The van der Waals surface area contributed by atoms with Gasteiger partial charge in [-0.2, -0.15) is 0 Å². The van der Waals surface area contributed by atoms with E-state index in [1.807, 2.05) is 30.3 Å². The van der Waals surface area contributed by atoms with Gasteiger partial charge in [-0.1, -0.05) is 41.4 Å². The number of carbonyl (C=O) groups is 1. The average molecular weight is 423 g/mol. The summed E-state index contributed by atoms with van der Waals surface area (Å²) in [6.45, 7) is 3.12. The first-order chi connectivity index (χ1) is 13.5. The quantitative estimate of drug-likeness (QED) is 0.707. The smallest absolute Gasteiger partial charge is 0.228 e. The van der Waals surface area contributed by atoms with Gasteiger partial charge in [0.25, 0.3) is 0 Å². The molecule has 1 fully saturated rings. The Hall–Kier alpha value is -1.79. The highest BCUT2D eigenvalue weighted by Crippen LogP contribution is 2.24. The maximum Gasteiger partial charge on any atom is 0.228 e. The molecule has 1 aliphatic heterocycles. The van der Waals surface area contributed by atoms with Gasteiger partial charge in [0.1, 0.15) is 12.4 Å². The summed E-state index contributed by atoms with van der Waals surface area (Å²) in [6, 6.07) is 13.4. The van der Waals surface area contributed by atoms with E-state index in [0.29, 0.717) is 23.2 Å². The maximum atomic E-state index is 12.1. The van der Waals surface area contributed by atoms with Crippen LogP contribution in [-0.2, 0) is 17.9 Å². The molecule has 0 atom stereocenters. The molecule has 1 amide bonds. The van der Waals surface area contributed by atoms with E-state index < -0.39 is 0 Å². The van der Waals surface area contributed by atoms with Gasteiger partial charge in [0.15, 0.2) is 0 Å². The topological polar surface area (TPSA) is 53.0 Å². The van der Waals surface area contributed by atoms with Crippen LogP contribution in [0.15, 0.2) is 42.5 Å². The van der Waals surface area contributed by atoms with Crippen molar-refractivity contribution in [1.29, 1.82) is 0 Å². The molecule has 0 saturated carbocycles. The van der Waals surface area contributed by atoms with Crippen LogP contribution in [0, 0.1) is 5.92 Å². The Morgan fingerprint density at radius 2 is 1.82 bits per heavy atom. The largest absolute Gasteiger partial charge is 0.489 e. The van der Waals surface area contributed by atoms with Crippen LogP contribution >= 0.6 is 23.2 Å². The van der Waals surface area contributed by atoms with Crippen LogP contribution in [-0.4, -0.2) is 54.1 Å². The minimum Gasteiger partial charge on any atom is -0.489 e. The highest BCUT2D eigenvalue weighted by atomic mass is 35.5. The Morgan fingerprint density at radius 1 is 1.14 bits per heavy atom. The van der Waals surface area contributed by atoms with E-state index >= 15 is 0 Å². The fourth-order valence-electron chi connectivity index (χ4n) is 3.17. The molecule has 0 bridgehead atoms. The number of ether oxygens (including phenoxy) is 1. The number of hydrogen-bond acceptors (Lipinski definition) is 4. The lowest BCUT2D eigenvalue weighted by Crippen LogP contribution is -2.53. The maximum absolute atomic E-state index is 12.1. The standard InChI is InChI=1S/C21H24Cl2N2O3/c1-24(8-9-26)21(27)17-12-25(13-17)11-15-2-5-18(6-3-15)28-14-16-4-7-19(22)20(23)10-16/h2-7,10,17,26H,8-9,11-14H2,1H3. The lowest BCUT2D eigenvalue weighted by Gasteiger charge is -2.39. The molecule has 0 unspecified atom stereocenters. The van der Waals surface area contributed by atoms with Crippen molar-refractivity contribution in [2.24, 2.45) is 5.92 Å². The summed E-state index contributed by atoms with van der Waals surface area (Å²) in [6.07, 6.45) is 0. The van der Waals surface area contributed by atoms with Gasteiger partial charge in [0.05, 0.1) is 22.6 Å². The van der Waals surface area contributed by atoms with Crippen LogP contribution in [0.2, 0.25) is 10.0 Å². The van der Waals surface area contributed by atoms with Gasteiger partial charge in [-0.25, -0.2) is 0 Å². The van der Waals surface area contributed by atoms with E-state index in [-0.39, 0.29) is 18.4 Å². The fourth-order valence-corrected chi connectivity index (χ4v) is 3.49. The molecule has 1 saturated heterocycles. The lowest BCUT2D eigenvalue weighted by atomic mass is 9.97. The molecule has 5 nitrogen and oxygen atoms in total. The number of likely N-dealkylation sites (N-methyl/N-ethyl adjacent to an activating group) is 1. The van der Waals surface area contributed by atoms with Crippen molar-refractivity contribution in [2.75, 3.05) is 33.3 Å². The van der Waals surface area contributed by atoms with Crippen molar-refractivity contribution in [2.45, 2.75) is 13.2 Å². The summed E-state index contributed by atoms with van der Waals surface area (Å²) in [4.78, 5) is 16.0. The van der Waals surface area contributed by atoms with Gasteiger partial charge in [-0.15, -0.1) is 0 Å². The second-order valence-corrected chi connectivity index (χ2v) is 7.87. The van der Waals surface area contributed by atoms with E-state index in [1.54, 1.807) is 24.1 Å². The monoisotopic (exact) mass is 422 g/mol. The Bertz CT molecular complexity index is 808. The van der Waals surface area contributed by atoms with E-state index in [9.17, 15) is 4.79 Å². The highest BCUT2D eigenvalue weighted by Gasteiger charge is 2.33. The van der Waals surface area contributed by atoms with Crippen molar-refractivity contribution < 1.29 is 14.6 Å². The number of rotatable bonds is 8. The first kappa shape index (κ1) is 20.9. The summed E-state index contributed by atoms with van der Waals surface area (Å²) >= 11 is 11.9. The zero-order chi connectivity index (χ0) is 20.1. The predicted molar refractivity (Wildman–Crippen MR) is 111 cm³/mol. The van der Waals surface area contributed by atoms with E-state index in [2.05, 4.69) is 4.90 Å². The number of hydrogen-bond donors (Lipinski definition) is 1. The van der Waals surface area contributed by atoms with Gasteiger partial charge in [-0.3, -0.25) is 9.69 Å². The molecule has 1 heterocycles. The van der Waals surface area contributed by atoms with Gasteiger partial charge in [0, 0.05) is 33.2 Å². The molecule has 2 aromatic rings. The summed E-state index contributed by atoms with van der Waals surface area (Å²) in [5, 5.41) is 9.98. The summed E-state index contributed by atoms with van der Waals surface area (Å²) in [5.74, 6) is 0.929. The molecule has 3 rings (SSSR count). The van der Waals surface area contributed by atoms with Gasteiger partial charge < -0.3 is 14.7 Å². The second kappa shape index (κ2) is 9.61. The van der Waals surface area contributed by atoms with Crippen molar-refractivity contribution >= 4 is 29.1 Å². The highest BCUT2D eigenvalue weighted by molar-refractivity contribution is 6.42. The van der Waals surface area contributed by atoms with E-state index in [4.69, 9.17) is 33.0 Å². The summed E-state index contributed by atoms with van der Waals surface area (Å²) in [7, 11) is 1.73. The molecule has 150 valence electrons. The number of benzene rings is 2. The lowest BCUT2D eigenvalue weighted by molar-refractivity contribution is -0.140. The van der Waals surface area contributed by atoms with Crippen LogP contribution in [0.5, 0.6) is 5.75 Å². The normalized spacial score (nSPS) is 14.6. The first-order valence-electron chi connectivity index (χ1n) is 9.20. The second-order valence-electron chi connectivity index (χ2n) is 7.06. The Balaban J connectivity index is 1.44. The number of likely N-dealkylation sites (tertiary alicyclic amines) is 1. The fraction of sp³-hybridized carbons (Fsp3) is 0.381. The summed E-state index contributed by atoms with van der Waals surface area (Å²) < 4.78 is 5.80. The third-order valence-corrected chi connectivity index (χ3v) is 5.58. The first-order valence-corrected chi connectivity index (χ1v) is 9.95. The number of carbonyl (C=O) groups excluding carboxylic acids is 1. The number of nitrogens with zero attached hydrogens (tertiary/aromatic N) is 2. The van der Waals surface area contributed by atoms with Crippen LogP contribution in [0.4, 0.5) is 0 Å². The number of aliphatic hydroxyl groups is 1. The van der Waals surface area contributed by atoms with E-state index in [0.717, 1.165) is 30.9 Å². The zero-order valence-corrected chi connectivity index (χ0v) is 17.3. The van der Waals surface area contributed by atoms with Crippen LogP contribution in [0.1, 0.15) is 11.1 Å². The third kappa shape index (κ3) is 5.39. The third-order valence-electron chi connectivity index (χ3n) is 4.84. The molecule has 0 spiro atoms. The molecule has 0 radical (unpaired) electrons. The molecule has 0 aliphatic carbocycles. The molecule has 0 aromatic heterocycles. The number of aliphatic hydroxyl groups excluding tert-OH is 1. The van der Waals surface area contributed by atoms with E-state index in [1.165, 1.54) is 5.56 Å². The molecule has 7 heteroatoms. The molecule has 1 N–H and O–H groups in total.